The maximum atomic E-state index is 7.12. The third kappa shape index (κ3) is 5.29. The van der Waals surface area contributed by atoms with Crippen LogP contribution in [0.25, 0.3) is 0 Å². The lowest BCUT2D eigenvalue weighted by Gasteiger charge is -2.43. The van der Waals surface area contributed by atoms with Gasteiger partial charge in [-0.15, -0.1) is 11.3 Å². The summed E-state index contributed by atoms with van der Waals surface area (Å²) in [6.45, 7) is 11.9. The number of aromatic nitrogens is 2. The Bertz CT molecular complexity index is 732. The fourth-order valence-corrected chi connectivity index (χ4v) is 7.45. The summed E-state index contributed by atoms with van der Waals surface area (Å²) in [5.74, 6) is 0.687. The first-order valence-electron chi connectivity index (χ1n) is 10.6. The molecule has 1 fully saturated rings. The highest BCUT2D eigenvalue weighted by Crippen LogP contribution is 2.43. The molecule has 3 nitrogen and oxygen atoms in total. The molecule has 0 saturated heterocycles. The van der Waals surface area contributed by atoms with Gasteiger partial charge in [0.1, 0.15) is 0 Å². The van der Waals surface area contributed by atoms with Crippen molar-refractivity contribution >= 4 is 42.2 Å². The van der Waals surface area contributed by atoms with Gasteiger partial charge in [0.15, 0.2) is 8.32 Å². The van der Waals surface area contributed by atoms with Crippen LogP contribution in [0.3, 0.4) is 0 Å². The number of rotatable bonds is 7. The molecule has 0 N–H and O–H groups in total. The lowest BCUT2D eigenvalue weighted by atomic mass is 9.83. The van der Waals surface area contributed by atoms with E-state index in [0.29, 0.717) is 18.1 Å². The van der Waals surface area contributed by atoms with Crippen molar-refractivity contribution in [2.75, 3.05) is 0 Å². The average Bonchev–Trinajstić information content (AvgIpc) is 3.30. The SMILES string of the molecule is CC(C)(C)[Si](C)(C)OC(CC(c1sccc1I)n1ccnc1)C1CCCCC1. The number of imidazole rings is 1. The normalized spacial score (nSPS) is 18.9. The molecule has 0 amide bonds. The molecule has 2 unspecified atom stereocenters. The topological polar surface area (TPSA) is 27.1 Å². The van der Waals surface area contributed by atoms with Crippen molar-refractivity contribution < 1.29 is 4.43 Å². The van der Waals surface area contributed by atoms with Crippen LogP contribution in [0, 0.1) is 9.49 Å². The van der Waals surface area contributed by atoms with Gasteiger partial charge < -0.3 is 8.99 Å². The summed E-state index contributed by atoms with van der Waals surface area (Å²) in [6, 6.07) is 2.54. The second-order valence-electron chi connectivity index (χ2n) is 9.71. The minimum atomic E-state index is -1.83. The lowest BCUT2D eigenvalue weighted by Crippen LogP contribution is -2.46. The van der Waals surface area contributed by atoms with Crippen LogP contribution in [0.15, 0.2) is 30.2 Å². The summed E-state index contributed by atoms with van der Waals surface area (Å²) in [7, 11) is -1.83. The number of thiophene rings is 1. The Morgan fingerprint density at radius 3 is 2.54 bits per heavy atom. The zero-order chi connectivity index (χ0) is 20.4. The van der Waals surface area contributed by atoms with Gasteiger partial charge in [0.25, 0.3) is 0 Å². The molecule has 0 aliphatic heterocycles. The number of halogens is 1. The molecule has 0 aromatic carbocycles. The van der Waals surface area contributed by atoms with E-state index in [0.717, 1.165) is 6.42 Å². The molecule has 6 heteroatoms. The molecule has 1 saturated carbocycles. The summed E-state index contributed by atoms with van der Waals surface area (Å²) in [6.07, 6.45) is 14.1. The molecule has 2 aromatic heterocycles. The molecule has 0 spiro atoms. The minimum absolute atomic E-state index is 0.238. The summed E-state index contributed by atoms with van der Waals surface area (Å²) < 4.78 is 10.8. The van der Waals surface area contributed by atoms with Crippen LogP contribution in [0.5, 0.6) is 0 Å². The fraction of sp³-hybridized carbons (Fsp3) is 0.682. The van der Waals surface area contributed by atoms with Gasteiger partial charge in [0, 0.05) is 20.8 Å². The summed E-state index contributed by atoms with van der Waals surface area (Å²) in [5, 5.41) is 2.45. The molecular formula is C22H35IN2OSSi. The average molecular weight is 531 g/mol. The molecule has 1 aliphatic carbocycles. The van der Waals surface area contributed by atoms with Gasteiger partial charge in [-0.25, -0.2) is 4.98 Å². The quantitative estimate of drug-likeness (QED) is 0.274. The number of hydrogen-bond donors (Lipinski definition) is 0. The first-order valence-corrected chi connectivity index (χ1v) is 15.4. The second-order valence-corrected chi connectivity index (χ2v) is 16.6. The summed E-state index contributed by atoms with van der Waals surface area (Å²) >= 11 is 4.35. The fourth-order valence-electron chi connectivity index (χ4n) is 3.98. The van der Waals surface area contributed by atoms with Crippen molar-refractivity contribution in [3.05, 3.63) is 38.6 Å². The molecule has 156 valence electrons. The minimum Gasteiger partial charge on any atom is -0.414 e. The maximum absolute atomic E-state index is 7.12. The molecule has 1 aliphatic rings. The highest BCUT2D eigenvalue weighted by atomic mass is 127. The third-order valence-electron chi connectivity index (χ3n) is 6.72. The first-order chi connectivity index (χ1) is 13.2. The number of nitrogens with zero attached hydrogens (tertiary/aromatic N) is 2. The van der Waals surface area contributed by atoms with E-state index in [-0.39, 0.29) is 5.04 Å². The van der Waals surface area contributed by atoms with Crippen molar-refractivity contribution in [2.45, 2.75) is 89.6 Å². The van der Waals surface area contributed by atoms with Crippen LogP contribution in [0.1, 0.15) is 70.2 Å². The van der Waals surface area contributed by atoms with E-state index in [1.807, 2.05) is 23.9 Å². The molecule has 2 heterocycles. The van der Waals surface area contributed by atoms with E-state index < -0.39 is 8.32 Å². The van der Waals surface area contributed by atoms with Crippen molar-refractivity contribution in [2.24, 2.45) is 5.92 Å². The van der Waals surface area contributed by atoms with Gasteiger partial charge in [-0.1, -0.05) is 40.0 Å². The van der Waals surface area contributed by atoms with Crippen molar-refractivity contribution in [3.63, 3.8) is 0 Å². The summed E-state index contributed by atoms with van der Waals surface area (Å²) in [5.41, 5.74) is 0. The standard InChI is InChI=1S/C22H35IN2OSSi/c1-22(2,3)28(4,5)26-20(17-9-7-6-8-10-17)15-19(25-13-12-24-16-25)21-18(23)11-14-27-21/h11-14,16-17,19-20H,6-10,15H2,1-5H3. The Balaban J connectivity index is 1.90. The van der Waals surface area contributed by atoms with Crippen LogP contribution < -0.4 is 0 Å². The first kappa shape index (κ1) is 22.5. The van der Waals surface area contributed by atoms with Gasteiger partial charge in [-0.05, 0) is 77.3 Å². The van der Waals surface area contributed by atoms with E-state index in [2.05, 4.69) is 83.7 Å². The van der Waals surface area contributed by atoms with E-state index in [1.165, 1.54) is 40.6 Å². The van der Waals surface area contributed by atoms with Gasteiger partial charge >= 0.3 is 0 Å². The van der Waals surface area contributed by atoms with Gasteiger partial charge in [0.05, 0.1) is 18.5 Å². The van der Waals surface area contributed by atoms with E-state index in [4.69, 9.17) is 4.43 Å². The molecule has 2 atom stereocenters. The number of hydrogen-bond acceptors (Lipinski definition) is 3. The van der Waals surface area contributed by atoms with Crippen LogP contribution >= 0.6 is 33.9 Å². The largest absolute Gasteiger partial charge is 0.414 e. The van der Waals surface area contributed by atoms with E-state index in [9.17, 15) is 0 Å². The molecular weight excluding hydrogens is 495 g/mol. The third-order valence-corrected chi connectivity index (χ3v) is 13.5. The van der Waals surface area contributed by atoms with Gasteiger partial charge in [0.2, 0.25) is 0 Å². The molecule has 0 bridgehead atoms. The second kappa shape index (κ2) is 9.31. The zero-order valence-corrected chi connectivity index (χ0v) is 21.9. The Kier molecular flexibility index (Phi) is 7.48. The Morgan fingerprint density at radius 2 is 2.00 bits per heavy atom. The molecule has 28 heavy (non-hydrogen) atoms. The van der Waals surface area contributed by atoms with Crippen LogP contribution in [-0.2, 0) is 4.43 Å². The maximum Gasteiger partial charge on any atom is 0.192 e. The lowest BCUT2D eigenvalue weighted by molar-refractivity contribution is 0.0771. The van der Waals surface area contributed by atoms with Crippen LogP contribution in [0.4, 0.5) is 0 Å². The van der Waals surface area contributed by atoms with Crippen LogP contribution in [0.2, 0.25) is 18.1 Å². The Labute approximate surface area is 189 Å². The molecule has 2 aromatic rings. The Hall–Kier alpha value is -0.183. The monoisotopic (exact) mass is 530 g/mol. The van der Waals surface area contributed by atoms with Gasteiger partial charge in [-0.3, -0.25) is 0 Å². The Morgan fingerprint density at radius 1 is 1.29 bits per heavy atom. The molecule has 3 rings (SSSR count). The molecule has 0 radical (unpaired) electrons. The predicted molar refractivity (Wildman–Crippen MR) is 131 cm³/mol. The van der Waals surface area contributed by atoms with Crippen molar-refractivity contribution in [3.8, 4) is 0 Å². The zero-order valence-electron chi connectivity index (χ0n) is 18.0. The van der Waals surface area contributed by atoms with E-state index in [1.54, 1.807) is 0 Å². The predicted octanol–water partition coefficient (Wildman–Crippen LogP) is 7.50. The van der Waals surface area contributed by atoms with E-state index >= 15 is 0 Å². The highest BCUT2D eigenvalue weighted by molar-refractivity contribution is 14.1. The van der Waals surface area contributed by atoms with Crippen LogP contribution in [-0.4, -0.2) is 24.0 Å². The highest BCUT2D eigenvalue weighted by Gasteiger charge is 2.41. The smallest absolute Gasteiger partial charge is 0.192 e. The summed E-state index contributed by atoms with van der Waals surface area (Å²) in [4.78, 5) is 5.79. The van der Waals surface area contributed by atoms with Crippen molar-refractivity contribution in [1.82, 2.24) is 9.55 Å². The van der Waals surface area contributed by atoms with Gasteiger partial charge in [-0.2, -0.15) is 0 Å². The van der Waals surface area contributed by atoms with Crippen molar-refractivity contribution in [1.29, 1.82) is 0 Å².